The van der Waals surface area contributed by atoms with Gasteiger partial charge < -0.3 is 9.47 Å². The Hall–Kier alpha value is -1.88. The van der Waals surface area contributed by atoms with Crippen molar-refractivity contribution < 1.29 is 22.6 Å². The maximum Gasteiger partial charge on any atom is 0.416 e. The fourth-order valence-electron chi connectivity index (χ4n) is 1.83. The molecule has 0 saturated carbocycles. The predicted octanol–water partition coefficient (Wildman–Crippen LogP) is 5.25. The highest BCUT2D eigenvalue weighted by molar-refractivity contribution is 6.17. The first-order valence-corrected chi connectivity index (χ1v) is 6.56. The summed E-state index contributed by atoms with van der Waals surface area (Å²) in [6.07, 6.45) is -4.48. The zero-order valence-electron chi connectivity index (χ0n) is 11.1. The van der Waals surface area contributed by atoms with Crippen LogP contribution in [0.5, 0.6) is 17.2 Å². The number of benzene rings is 2. The van der Waals surface area contributed by atoms with Crippen LogP contribution in [0.25, 0.3) is 0 Å². The van der Waals surface area contributed by atoms with E-state index in [1.165, 1.54) is 19.2 Å². The summed E-state index contributed by atoms with van der Waals surface area (Å²) in [7, 11) is 1.46. The third-order valence-corrected chi connectivity index (χ3v) is 3.12. The Morgan fingerprint density at radius 1 is 1.05 bits per heavy atom. The Morgan fingerprint density at radius 3 is 2.29 bits per heavy atom. The van der Waals surface area contributed by atoms with Crippen molar-refractivity contribution >= 4 is 11.6 Å². The van der Waals surface area contributed by atoms with E-state index in [2.05, 4.69) is 0 Å². The molecule has 0 spiro atoms. The first kappa shape index (κ1) is 15.5. The summed E-state index contributed by atoms with van der Waals surface area (Å²) in [5.74, 6) is 0.629. The van der Waals surface area contributed by atoms with Gasteiger partial charge in [-0.15, -0.1) is 11.6 Å². The van der Waals surface area contributed by atoms with Gasteiger partial charge in [-0.1, -0.05) is 18.2 Å². The maximum atomic E-state index is 13.0. The SMILES string of the molecule is COc1ccccc1Oc1ccc(CCl)c(C(F)(F)F)c1. The molecule has 0 saturated heterocycles. The van der Waals surface area contributed by atoms with Crippen molar-refractivity contribution in [1.29, 1.82) is 0 Å². The molecule has 0 N–H and O–H groups in total. The van der Waals surface area contributed by atoms with Gasteiger partial charge in [0.05, 0.1) is 12.7 Å². The van der Waals surface area contributed by atoms with Gasteiger partial charge in [-0.3, -0.25) is 0 Å². The van der Waals surface area contributed by atoms with Crippen LogP contribution >= 0.6 is 11.6 Å². The Bertz CT molecular complexity index is 627. The molecule has 6 heteroatoms. The van der Waals surface area contributed by atoms with E-state index in [1.54, 1.807) is 24.3 Å². The van der Waals surface area contributed by atoms with Gasteiger partial charge in [0, 0.05) is 5.88 Å². The van der Waals surface area contributed by atoms with Crippen LogP contribution in [-0.4, -0.2) is 7.11 Å². The smallest absolute Gasteiger partial charge is 0.416 e. The second-order valence-electron chi connectivity index (χ2n) is 4.20. The molecule has 112 valence electrons. The van der Waals surface area contributed by atoms with Gasteiger partial charge >= 0.3 is 6.18 Å². The Kier molecular flexibility index (Phi) is 4.63. The lowest BCUT2D eigenvalue weighted by molar-refractivity contribution is -0.138. The van der Waals surface area contributed by atoms with Crippen LogP contribution in [-0.2, 0) is 12.1 Å². The van der Waals surface area contributed by atoms with Crippen molar-refractivity contribution in [3.63, 3.8) is 0 Å². The van der Waals surface area contributed by atoms with E-state index in [4.69, 9.17) is 21.1 Å². The van der Waals surface area contributed by atoms with Gasteiger partial charge in [0.2, 0.25) is 0 Å². The van der Waals surface area contributed by atoms with Crippen LogP contribution in [0.15, 0.2) is 42.5 Å². The number of hydrogen-bond donors (Lipinski definition) is 0. The maximum absolute atomic E-state index is 13.0. The molecule has 2 rings (SSSR count). The lowest BCUT2D eigenvalue weighted by atomic mass is 10.1. The number of alkyl halides is 4. The molecule has 0 heterocycles. The summed E-state index contributed by atoms with van der Waals surface area (Å²) in [5.41, 5.74) is -0.790. The standard InChI is InChI=1S/C15H12ClF3O2/c1-20-13-4-2-3-5-14(13)21-11-7-6-10(9-16)12(8-11)15(17,18)19/h2-8H,9H2,1H3. The monoisotopic (exact) mass is 316 g/mol. The molecule has 0 radical (unpaired) electrons. The molecule has 2 aromatic carbocycles. The highest BCUT2D eigenvalue weighted by Crippen LogP contribution is 2.37. The number of hydrogen-bond acceptors (Lipinski definition) is 2. The first-order chi connectivity index (χ1) is 9.95. The third kappa shape index (κ3) is 3.61. The molecule has 0 unspecified atom stereocenters. The van der Waals surface area contributed by atoms with Crippen molar-refractivity contribution in [3.8, 4) is 17.2 Å². The van der Waals surface area contributed by atoms with Crippen molar-refractivity contribution in [2.24, 2.45) is 0 Å². The van der Waals surface area contributed by atoms with Crippen LogP contribution in [0.4, 0.5) is 13.2 Å². The summed E-state index contributed by atoms with van der Waals surface area (Å²) < 4.78 is 49.4. The third-order valence-electron chi connectivity index (χ3n) is 2.83. The molecular weight excluding hydrogens is 305 g/mol. The van der Waals surface area contributed by atoms with Gasteiger partial charge in [-0.05, 0) is 29.8 Å². The molecule has 2 nitrogen and oxygen atoms in total. The van der Waals surface area contributed by atoms with Crippen LogP contribution in [0.1, 0.15) is 11.1 Å². The van der Waals surface area contributed by atoms with E-state index < -0.39 is 11.7 Å². The Labute approximate surface area is 125 Å². The molecule has 0 bridgehead atoms. The lowest BCUT2D eigenvalue weighted by Gasteiger charge is -2.14. The normalized spacial score (nSPS) is 11.3. The summed E-state index contributed by atoms with van der Waals surface area (Å²) >= 11 is 5.54. The summed E-state index contributed by atoms with van der Waals surface area (Å²) in [5, 5.41) is 0. The van der Waals surface area contributed by atoms with E-state index in [9.17, 15) is 13.2 Å². The molecule has 0 aromatic heterocycles. The summed E-state index contributed by atoms with van der Waals surface area (Å²) in [6.45, 7) is 0. The molecule has 0 aliphatic rings. The topological polar surface area (TPSA) is 18.5 Å². The van der Waals surface area contributed by atoms with Crippen LogP contribution in [0.3, 0.4) is 0 Å². The summed E-state index contributed by atoms with van der Waals surface area (Å²) in [4.78, 5) is 0. The quantitative estimate of drug-likeness (QED) is 0.718. The van der Waals surface area contributed by atoms with Crippen LogP contribution in [0, 0.1) is 0 Å². The minimum Gasteiger partial charge on any atom is -0.493 e. The molecule has 0 aliphatic heterocycles. The number of rotatable bonds is 4. The second kappa shape index (κ2) is 6.26. The zero-order chi connectivity index (χ0) is 15.5. The minimum absolute atomic E-state index is 0.0107. The molecule has 2 aromatic rings. The highest BCUT2D eigenvalue weighted by Gasteiger charge is 2.33. The number of halogens is 4. The fraction of sp³-hybridized carbons (Fsp3) is 0.200. The van der Waals surface area contributed by atoms with Crippen LogP contribution in [0.2, 0.25) is 0 Å². The van der Waals surface area contributed by atoms with Gasteiger partial charge in [0.1, 0.15) is 5.75 Å². The number of para-hydroxylation sites is 2. The molecule has 21 heavy (non-hydrogen) atoms. The molecule has 0 amide bonds. The van der Waals surface area contributed by atoms with Crippen molar-refractivity contribution in [1.82, 2.24) is 0 Å². The van der Waals surface area contributed by atoms with E-state index in [-0.39, 0.29) is 17.2 Å². The highest BCUT2D eigenvalue weighted by atomic mass is 35.5. The fourth-order valence-corrected chi connectivity index (χ4v) is 2.06. The molecule has 0 aliphatic carbocycles. The Balaban J connectivity index is 2.37. The minimum atomic E-state index is -4.48. The first-order valence-electron chi connectivity index (χ1n) is 6.02. The van der Waals surface area contributed by atoms with Crippen molar-refractivity contribution in [3.05, 3.63) is 53.6 Å². The molecule has 0 atom stereocenters. The van der Waals surface area contributed by atoms with Crippen molar-refractivity contribution in [2.75, 3.05) is 7.11 Å². The van der Waals surface area contributed by atoms with E-state index in [0.717, 1.165) is 6.07 Å². The van der Waals surface area contributed by atoms with Gasteiger partial charge in [-0.2, -0.15) is 13.2 Å². The largest absolute Gasteiger partial charge is 0.493 e. The predicted molar refractivity (Wildman–Crippen MR) is 74.1 cm³/mol. The van der Waals surface area contributed by atoms with E-state index >= 15 is 0 Å². The average molecular weight is 317 g/mol. The Morgan fingerprint density at radius 2 is 1.71 bits per heavy atom. The van der Waals surface area contributed by atoms with Crippen molar-refractivity contribution in [2.45, 2.75) is 12.1 Å². The van der Waals surface area contributed by atoms with Crippen LogP contribution < -0.4 is 9.47 Å². The second-order valence-corrected chi connectivity index (χ2v) is 4.47. The average Bonchev–Trinajstić information content (AvgIpc) is 2.47. The zero-order valence-corrected chi connectivity index (χ0v) is 11.8. The number of methoxy groups -OCH3 is 1. The molecule has 0 fully saturated rings. The summed E-state index contributed by atoms with van der Waals surface area (Å²) in [6, 6.07) is 10.4. The number of ether oxygens (including phenoxy) is 2. The van der Waals surface area contributed by atoms with Gasteiger partial charge in [0.15, 0.2) is 11.5 Å². The lowest BCUT2D eigenvalue weighted by Crippen LogP contribution is -2.08. The molecular formula is C15H12ClF3O2. The van der Waals surface area contributed by atoms with Gasteiger partial charge in [0.25, 0.3) is 0 Å². The van der Waals surface area contributed by atoms with E-state index in [0.29, 0.717) is 11.5 Å². The van der Waals surface area contributed by atoms with Gasteiger partial charge in [-0.25, -0.2) is 0 Å². The van der Waals surface area contributed by atoms with E-state index in [1.807, 2.05) is 0 Å².